The van der Waals surface area contributed by atoms with Crippen LogP contribution in [0.25, 0.3) is 17.1 Å². The monoisotopic (exact) mass is 577 g/mol. The minimum Gasteiger partial charge on any atom is -0.354 e. The molecule has 3 unspecified atom stereocenters. The molecule has 2 amide bonds. The van der Waals surface area contributed by atoms with Gasteiger partial charge in [-0.2, -0.15) is 0 Å². The summed E-state index contributed by atoms with van der Waals surface area (Å²) in [6.45, 7) is 3.90. The van der Waals surface area contributed by atoms with E-state index in [4.69, 9.17) is 21.1 Å². The minimum atomic E-state index is -1.82. The summed E-state index contributed by atoms with van der Waals surface area (Å²) >= 11 is 6.06. The van der Waals surface area contributed by atoms with Crippen molar-refractivity contribution in [2.45, 2.75) is 38.2 Å². The summed E-state index contributed by atoms with van der Waals surface area (Å²) in [5, 5.41) is 5.99. The number of hydrogen-bond donors (Lipinski definition) is 2. The van der Waals surface area contributed by atoms with Gasteiger partial charge in [0.2, 0.25) is 0 Å². The second kappa shape index (κ2) is 11.8. The van der Waals surface area contributed by atoms with Crippen molar-refractivity contribution in [3.05, 3.63) is 101 Å². The molecule has 4 aromatic rings. The topological polar surface area (TPSA) is 107 Å². The number of pyridine rings is 1. The Hall–Kier alpha value is -4.12. The van der Waals surface area contributed by atoms with E-state index in [1.165, 1.54) is 13.4 Å². The van der Waals surface area contributed by atoms with Crippen LogP contribution in [0, 0.1) is 12.7 Å². The van der Waals surface area contributed by atoms with Crippen molar-refractivity contribution in [2.75, 3.05) is 13.7 Å². The van der Waals surface area contributed by atoms with Gasteiger partial charge >= 0.3 is 0 Å². The van der Waals surface area contributed by atoms with E-state index in [9.17, 15) is 14.0 Å². The van der Waals surface area contributed by atoms with Gasteiger partial charge in [0.15, 0.2) is 5.82 Å². The predicted octanol–water partition coefficient (Wildman–Crippen LogP) is 4.25. The van der Waals surface area contributed by atoms with Gasteiger partial charge < -0.3 is 20.1 Å². The molecule has 9 nitrogen and oxygen atoms in total. The largest absolute Gasteiger partial charge is 0.354 e. The Morgan fingerprint density at radius 3 is 2.56 bits per heavy atom. The van der Waals surface area contributed by atoms with Gasteiger partial charge in [-0.15, -0.1) is 0 Å². The van der Waals surface area contributed by atoms with Crippen LogP contribution < -0.4 is 10.6 Å². The molecule has 0 bridgehead atoms. The molecule has 1 aliphatic rings. The molecule has 2 aromatic heterocycles. The van der Waals surface area contributed by atoms with Crippen molar-refractivity contribution in [3.63, 3.8) is 0 Å². The first kappa shape index (κ1) is 28.4. The second-order valence-corrected chi connectivity index (χ2v) is 10.3. The molecule has 41 heavy (non-hydrogen) atoms. The van der Waals surface area contributed by atoms with E-state index >= 15 is 0 Å². The average Bonchev–Trinajstić information content (AvgIpc) is 3.62. The predicted molar refractivity (Wildman–Crippen MR) is 151 cm³/mol. The van der Waals surface area contributed by atoms with E-state index in [2.05, 4.69) is 20.6 Å². The van der Waals surface area contributed by atoms with E-state index in [-0.39, 0.29) is 24.4 Å². The van der Waals surface area contributed by atoms with E-state index < -0.39 is 35.6 Å². The molecule has 5 rings (SSSR count). The Morgan fingerprint density at radius 2 is 1.90 bits per heavy atom. The second-order valence-electron chi connectivity index (χ2n) is 9.90. The maximum absolute atomic E-state index is 14.5. The fourth-order valence-corrected chi connectivity index (χ4v) is 4.86. The van der Waals surface area contributed by atoms with Crippen LogP contribution in [0.1, 0.15) is 28.4 Å². The zero-order chi connectivity index (χ0) is 29.1. The quantitative estimate of drug-likeness (QED) is 0.324. The lowest BCUT2D eigenvalue weighted by Gasteiger charge is -2.34. The smallest absolute Gasteiger partial charge is 0.282 e. The van der Waals surface area contributed by atoms with Gasteiger partial charge in [-0.25, -0.2) is 14.4 Å². The lowest BCUT2D eigenvalue weighted by molar-refractivity contribution is -0.196. The lowest BCUT2D eigenvalue weighted by atomic mass is 9.96. The van der Waals surface area contributed by atoms with Crippen molar-refractivity contribution < 1.29 is 23.5 Å². The van der Waals surface area contributed by atoms with Gasteiger partial charge in [0.25, 0.3) is 17.6 Å². The molecule has 0 spiro atoms. The van der Waals surface area contributed by atoms with Crippen LogP contribution in [0.4, 0.5) is 4.39 Å². The third-order valence-electron chi connectivity index (χ3n) is 6.82. The van der Waals surface area contributed by atoms with E-state index in [1.807, 2.05) is 31.2 Å². The van der Waals surface area contributed by atoms with Crippen LogP contribution in [0.5, 0.6) is 0 Å². The number of amides is 2. The lowest BCUT2D eigenvalue weighted by Crippen LogP contribution is -2.62. The van der Waals surface area contributed by atoms with Crippen LogP contribution in [0.15, 0.2) is 73.3 Å². The van der Waals surface area contributed by atoms with Crippen LogP contribution in [-0.4, -0.2) is 57.9 Å². The van der Waals surface area contributed by atoms with Crippen LogP contribution in [-0.2, 0) is 20.7 Å². The number of halogens is 2. The summed E-state index contributed by atoms with van der Waals surface area (Å²) in [4.78, 5) is 35.7. The summed E-state index contributed by atoms with van der Waals surface area (Å²) in [5.74, 6) is -3.59. The Balaban J connectivity index is 1.51. The SMILES string of the molecule is CNC(=O)C1(C(Cc2ccc(Cl)cc2)NC(=O)c2cc(F)cnc2-n2cnc(-c3ccc(C)cc3)c2)OCC(C)O1. The molecule has 2 aromatic carbocycles. The van der Waals surface area contributed by atoms with Gasteiger partial charge in [0, 0.05) is 23.8 Å². The maximum Gasteiger partial charge on any atom is 0.282 e. The van der Waals surface area contributed by atoms with Crippen LogP contribution >= 0.6 is 11.6 Å². The highest BCUT2D eigenvalue weighted by atomic mass is 35.5. The van der Waals surface area contributed by atoms with E-state index in [1.54, 1.807) is 42.0 Å². The summed E-state index contributed by atoms with van der Waals surface area (Å²) in [6, 6.07) is 14.9. The molecule has 0 radical (unpaired) electrons. The number of hydrogen-bond acceptors (Lipinski definition) is 6. The van der Waals surface area contributed by atoms with Gasteiger partial charge in [0.1, 0.15) is 12.1 Å². The first-order chi connectivity index (χ1) is 19.7. The Bertz CT molecular complexity index is 1560. The summed E-state index contributed by atoms with van der Waals surface area (Å²) in [7, 11) is 1.46. The Labute approximate surface area is 241 Å². The van der Waals surface area contributed by atoms with Gasteiger partial charge in [0.05, 0.1) is 36.2 Å². The van der Waals surface area contributed by atoms with Crippen molar-refractivity contribution in [2.24, 2.45) is 0 Å². The Morgan fingerprint density at radius 1 is 1.17 bits per heavy atom. The molecule has 3 heterocycles. The summed E-state index contributed by atoms with van der Waals surface area (Å²) in [6.07, 6.45) is 4.00. The number of nitrogens with zero attached hydrogens (tertiary/aromatic N) is 3. The van der Waals surface area contributed by atoms with E-state index in [0.29, 0.717) is 10.7 Å². The van der Waals surface area contributed by atoms with Crippen molar-refractivity contribution in [1.82, 2.24) is 25.2 Å². The van der Waals surface area contributed by atoms with Crippen LogP contribution in [0.3, 0.4) is 0 Å². The van der Waals surface area contributed by atoms with Gasteiger partial charge in [-0.3, -0.25) is 14.2 Å². The highest BCUT2D eigenvalue weighted by Crippen LogP contribution is 2.31. The fraction of sp³-hybridized carbons (Fsp3) is 0.267. The molecule has 11 heteroatoms. The maximum atomic E-state index is 14.5. The summed E-state index contributed by atoms with van der Waals surface area (Å²) < 4.78 is 28.0. The molecule has 0 saturated carbocycles. The molecule has 2 N–H and O–H groups in total. The molecular formula is C30H29ClFN5O4. The molecule has 1 aliphatic heterocycles. The number of rotatable bonds is 8. The normalized spacial score (nSPS) is 19.1. The highest BCUT2D eigenvalue weighted by molar-refractivity contribution is 6.30. The third-order valence-corrected chi connectivity index (χ3v) is 7.07. The zero-order valence-electron chi connectivity index (χ0n) is 22.7. The van der Waals surface area contributed by atoms with Crippen molar-refractivity contribution >= 4 is 23.4 Å². The Kier molecular flexibility index (Phi) is 8.16. The number of carbonyl (C=O) groups excluding carboxylic acids is 2. The van der Waals surface area contributed by atoms with Gasteiger partial charge in [-0.05, 0) is 44.0 Å². The average molecular weight is 578 g/mol. The number of carbonyl (C=O) groups is 2. The standard InChI is InChI=1S/C30H29ClFN5O4/c1-18-4-8-21(9-5-18)25-15-37(17-35-25)27-24(13-23(32)14-34-27)28(38)36-26(12-20-6-10-22(31)11-7-20)30(29(39)33-3)40-16-19(2)41-30/h4-11,13-15,17,19,26H,12,16H2,1-3H3,(H,33,39)(H,36,38). The fourth-order valence-electron chi connectivity index (χ4n) is 4.73. The zero-order valence-corrected chi connectivity index (χ0v) is 23.5. The molecule has 212 valence electrons. The number of aryl methyl sites for hydroxylation is 1. The van der Waals surface area contributed by atoms with E-state index in [0.717, 1.165) is 29.0 Å². The van der Waals surface area contributed by atoms with Crippen LogP contribution in [0.2, 0.25) is 5.02 Å². The van der Waals surface area contributed by atoms with Crippen molar-refractivity contribution in [1.29, 1.82) is 0 Å². The first-order valence-electron chi connectivity index (χ1n) is 13.0. The number of imidazole rings is 1. The number of nitrogens with one attached hydrogen (secondary N) is 2. The summed E-state index contributed by atoms with van der Waals surface area (Å²) in [5.41, 5.74) is 3.35. The van der Waals surface area contributed by atoms with Gasteiger partial charge in [-0.1, -0.05) is 53.6 Å². The van der Waals surface area contributed by atoms with Crippen molar-refractivity contribution in [3.8, 4) is 17.1 Å². The number of benzene rings is 2. The molecule has 1 fully saturated rings. The minimum absolute atomic E-state index is 0.0583. The molecule has 0 aliphatic carbocycles. The molecular weight excluding hydrogens is 549 g/mol. The number of ether oxygens (including phenoxy) is 2. The highest BCUT2D eigenvalue weighted by Gasteiger charge is 2.53. The number of aromatic nitrogens is 3. The molecule has 1 saturated heterocycles. The molecule has 3 atom stereocenters. The number of likely N-dealkylation sites (N-methyl/N-ethyl adjacent to an activating group) is 1. The third kappa shape index (κ3) is 6.00. The first-order valence-corrected chi connectivity index (χ1v) is 13.4.